The van der Waals surface area contributed by atoms with E-state index >= 15 is 0 Å². The van der Waals surface area contributed by atoms with E-state index in [9.17, 15) is 0 Å². The van der Waals surface area contributed by atoms with E-state index in [1.165, 1.54) is 0 Å². The lowest BCUT2D eigenvalue weighted by atomic mass is 9.93. The van der Waals surface area contributed by atoms with Gasteiger partial charge in [-0.05, 0) is 12.2 Å². The maximum atomic E-state index is 5.69. The van der Waals surface area contributed by atoms with Crippen LogP contribution in [0.25, 0.3) is 12.2 Å². The van der Waals surface area contributed by atoms with E-state index in [-0.39, 0.29) is 5.41 Å². The third-order valence-corrected chi connectivity index (χ3v) is 2.53. The Labute approximate surface area is 104 Å². The predicted molar refractivity (Wildman–Crippen MR) is 73.8 cm³/mol. The molecule has 0 fully saturated rings. The molecule has 1 heterocycles. The number of hydrogen-bond donors (Lipinski definition) is 0. The fourth-order valence-corrected chi connectivity index (χ4v) is 1.49. The minimum Gasteiger partial charge on any atom is -0.440 e. The van der Waals surface area contributed by atoms with Crippen LogP contribution in [-0.2, 0) is 0 Å². The van der Waals surface area contributed by atoms with Gasteiger partial charge in [0.2, 0.25) is 0 Å². The molecule has 0 saturated carbocycles. The summed E-state index contributed by atoms with van der Waals surface area (Å²) < 4.78 is 5.69. The molecule has 1 aromatic rings. The molecular weight excluding hydrogens is 210 g/mol. The van der Waals surface area contributed by atoms with Crippen LogP contribution in [0.5, 0.6) is 0 Å². The maximum absolute atomic E-state index is 5.69. The Morgan fingerprint density at radius 1 is 1.12 bits per heavy atom. The Kier molecular flexibility index (Phi) is 4.33. The molecular formula is C15H23NO. The van der Waals surface area contributed by atoms with E-state index in [0.717, 1.165) is 17.3 Å². The van der Waals surface area contributed by atoms with Crippen molar-refractivity contribution in [1.29, 1.82) is 0 Å². The summed E-state index contributed by atoms with van der Waals surface area (Å²) in [5, 5.41) is 0. The summed E-state index contributed by atoms with van der Waals surface area (Å²) >= 11 is 0. The van der Waals surface area contributed by atoms with Gasteiger partial charge in [0.05, 0.1) is 0 Å². The predicted octanol–water partition coefficient (Wildman–Crippen LogP) is 4.89. The van der Waals surface area contributed by atoms with E-state index in [4.69, 9.17) is 4.42 Å². The Bertz CT molecular complexity index is 389. The largest absolute Gasteiger partial charge is 0.440 e. The highest BCUT2D eigenvalue weighted by Crippen LogP contribution is 2.29. The maximum Gasteiger partial charge on any atom is 0.198 e. The summed E-state index contributed by atoms with van der Waals surface area (Å²) in [6.07, 6.45) is 8.37. The second-order valence-corrected chi connectivity index (χ2v) is 4.94. The zero-order valence-electron chi connectivity index (χ0n) is 11.7. The first-order valence-electron chi connectivity index (χ1n) is 6.37. The van der Waals surface area contributed by atoms with Gasteiger partial charge in [-0.15, -0.1) is 0 Å². The molecule has 2 rings (SSSR count). The molecule has 1 aliphatic carbocycles. The van der Waals surface area contributed by atoms with Gasteiger partial charge in [-0.25, -0.2) is 4.98 Å². The summed E-state index contributed by atoms with van der Waals surface area (Å²) in [5.74, 6) is 2.03. The molecule has 2 heteroatoms. The molecule has 0 atom stereocenters. The normalized spacial score (nSPS) is 16.2. The number of fused-ring (bicyclic) bond motifs is 1. The van der Waals surface area contributed by atoms with E-state index < -0.39 is 0 Å². The Hall–Kier alpha value is -1.31. The van der Waals surface area contributed by atoms with Crippen molar-refractivity contribution < 1.29 is 4.42 Å². The molecule has 0 amide bonds. The first kappa shape index (κ1) is 13.8. The van der Waals surface area contributed by atoms with E-state index in [1.54, 1.807) is 0 Å². The molecule has 0 N–H and O–H groups in total. The molecule has 94 valence electrons. The number of hydrogen-bond acceptors (Lipinski definition) is 2. The minimum atomic E-state index is 0.0845. The Morgan fingerprint density at radius 3 is 2.29 bits per heavy atom. The number of rotatable bonds is 1. The van der Waals surface area contributed by atoms with Crippen LogP contribution in [0.15, 0.2) is 16.6 Å². The number of oxazole rings is 1. The molecule has 0 aromatic carbocycles. The first-order valence-corrected chi connectivity index (χ1v) is 6.37. The third kappa shape index (κ3) is 3.32. The molecule has 0 unspecified atom stereocenters. The summed E-state index contributed by atoms with van der Waals surface area (Å²) in [6, 6.07) is 0. The second-order valence-electron chi connectivity index (χ2n) is 4.94. The monoisotopic (exact) mass is 233 g/mol. The van der Waals surface area contributed by atoms with Gasteiger partial charge in [0, 0.05) is 11.3 Å². The first-order chi connectivity index (χ1) is 7.98. The number of nitrogens with zero attached hydrogens (tertiary/aromatic N) is 1. The minimum absolute atomic E-state index is 0.0845. The van der Waals surface area contributed by atoms with Gasteiger partial charge in [0.1, 0.15) is 5.69 Å². The van der Waals surface area contributed by atoms with Crippen LogP contribution in [0.3, 0.4) is 0 Å². The summed E-state index contributed by atoms with van der Waals surface area (Å²) in [5.41, 5.74) is 1.03. The highest BCUT2D eigenvalue weighted by Gasteiger charge is 2.17. The van der Waals surface area contributed by atoms with Crippen molar-refractivity contribution in [3.8, 4) is 0 Å². The molecule has 0 bridgehead atoms. The lowest BCUT2D eigenvalue weighted by molar-refractivity contribution is 0.464. The number of aromatic nitrogens is 1. The molecule has 0 radical (unpaired) electrons. The van der Waals surface area contributed by atoms with E-state index in [0.29, 0.717) is 5.92 Å². The van der Waals surface area contributed by atoms with Crippen LogP contribution in [0, 0.1) is 5.41 Å². The van der Waals surface area contributed by atoms with Crippen molar-refractivity contribution in [1.82, 2.24) is 4.98 Å². The molecule has 0 saturated heterocycles. The quantitative estimate of drug-likeness (QED) is 0.690. The third-order valence-electron chi connectivity index (χ3n) is 2.53. The lowest BCUT2D eigenvalue weighted by Gasteiger charge is -2.11. The summed E-state index contributed by atoms with van der Waals surface area (Å²) in [7, 11) is 0. The van der Waals surface area contributed by atoms with Crippen LogP contribution < -0.4 is 0 Å². The topological polar surface area (TPSA) is 26.0 Å². The van der Waals surface area contributed by atoms with Crippen molar-refractivity contribution in [2.24, 2.45) is 5.41 Å². The van der Waals surface area contributed by atoms with Gasteiger partial charge in [-0.3, -0.25) is 0 Å². The lowest BCUT2D eigenvalue weighted by Crippen LogP contribution is -2.00. The van der Waals surface area contributed by atoms with Crippen LogP contribution >= 0.6 is 0 Å². The van der Waals surface area contributed by atoms with Crippen molar-refractivity contribution in [2.45, 2.75) is 47.5 Å². The Morgan fingerprint density at radius 2 is 1.71 bits per heavy atom. The van der Waals surface area contributed by atoms with Gasteiger partial charge in [-0.2, -0.15) is 0 Å². The molecule has 17 heavy (non-hydrogen) atoms. The van der Waals surface area contributed by atoms with Gasteiger partial charge in [-0.1, -0.05) is 53.7 Å². The summed E-state index contributed by atoms with van der Waals surface area (Å²) in [6.45, 7) is 12.5. The van der Waals surface area contributed by atoms with Gasteiger partial charge in [0.25, 0.3) is 0 Å². The number of allylic oxidation sites excluding steroid dienone is 2. The second kappa shape index (κ2) is 5.35. The standard InChI is InChI=1S/C13H17NO.C2H6/c1-9(2)12-14-10-5-7-13(3,4)8-6-11(10)15-12;1-2/h5-9H,1-4H3;1-2H3. The van der Waals surface area contributed by atoms with Gasteiger partial charge < -0.3 is 4.42 Å². The molecule has 0 spiro atoms. The van der Waals surface area contributed by atoms with Crippen molar-refractivity contribution >= 4 is 12.2 Å². The fraction of sp³-hybridized carbons (Fsp3) is 0.533. The smallest absolute Gasteiger partial charge is 0.198 e. The molecule has 0 aliphatic heterocycles. The zero-order chi connectivity index (χ0) is 13.1. The van der Waals surface area contributed by atoms with E-state index in [1.807, 2.05) is 26.0 Å². The van der Waals surface area contributed by atoms with Gasteiger partial charge >= 0.3 is 0 Å². The van der Waals surface area contributed by atoms with Crippen LogP contribution in [0.4, 0.5) is 0 Å². The van der Waals surface area contributed by atoms with Crippen LogP contribution in [-0.4, -0.2) is 4.98 Å². The molecule has 2 nitrogen and oxygen atoms in total. The average molecular weight is 233 g/mol. The average Bonchev–Trinajstić information content (AvgIpc) is 2.65. The van der Waals surface area contributed by atoms with E-state index in [2.05, 4.69) is 44.8 Å². The Balaban J connectivity index is 0.000000686. The SMILES string of the molecule is CC.CC(C)c1nc2c(o1)C=CC(C)(C)C=C2. The highest BCUT2D eigenvalue weighted by atomic mass is 16.4. The van der Waals surface area contributed by atoms with Crippen LogP contribution in [0.1, 0.15) is 64.8 Å². The highest BCUT2D eigenvalue weighted by molar-refractivity contribution is 5.62. The fourth-order valence-electron chi connectivity index (χ4n) is 1.49. The van der Waals surface area contributed by atoms with Crippen molar-refractivity contribution in [2.75, 3.05) is 0 Å². The van der Waals surface area contributed by atoms with Crippen LogP contribution in [0.2, 0.25) is 0 Å². The summed E-state index contributed by atoms with van der Waals surface area (Å²) in [4.78, 5) is 4.47. The van der Waals surface area contributed by atoms with Gasteiger partial charge in [0.15, 0.2) is 11.7 Å². The zero-order valence-corrected chi connectivity index (χ0v) is 11.7. The molecule has 1 aromatic heterocycles. The van der Waals surface area contributed by atoms with Crippen molar-refractivity contribution in [3.63, 3.8) is 0 Å². The van der Waals surface area contributed by atoms with Crippen molar-refractivity contribution in [3.05, 3.63) is 29.5 Å². The molecule has 1 aliphatic rings.